The van der Waals surface area contributed by atoms with E-state index in [9.17, 15) is 14.4 Å². The van der Waals surface area contributed by atoms with E-state index in [1.165, 1.54) is 4.90 Å². The summed E-state index contributed by atoms with van der Waals surface area (Å²) in [5.74, 6) is -0.732. The van der Waals surface area contributed by atoms with E-state index < -0.39 is 12.0 Å². The first kappa shape index (κ1) is 17.4. The zero-order valence-electron chi connectivity index (χ0n) is 11.7. The summed E-state index contributed by atoms with van der Waals surface area (Å²) >= 11 is 5.20. The standard InChI is InChI=1S/C13H21NO4S2/c1-8(6-19)13(18)20-7-9(2)11(15)14-5-3-4-10(14)12(16)17/h8-10,19H,3-7H2,1-2H3,(H,16,17)/t8-,9-,10+/m1/s1. The molecule has 1 aliphatic heterocycles. The Balaban J connectivity index is 2.50. The Hall–Kier alpha value is -0.690. The molecule has 1 heterocycles. The lowest BCUT2D eigenvalue weighted by Gasteiger charge is -2.24. The van der Waals surface area contributed by atoms with Crippen LogP contribution in [0.4, 0.5) is 0 Å². The minimum atomic E-state index is -0.949. The third-order valence-electron chi connectivity index (χ3n) is 3.39. The van der Waals surface area contributed by atoms with Gasteiger partial charge >= 0.3 is 5.97 Å². The van der Waals surface area contributed by atoms with Gasteiger partial charge in [-0.15, -0.1) is 0 Å². The second-order valence-corrected chi connectivity index (χ2v) is 6.53. The normalized spacial score (nSPS) is 21.6. The van der Waals surface area contributed by atoms with Gasteiger partial charge in [0, 0.05) is 29.9 Å². The molecule has 1 rings (SSSR count). The number of likely N-dealkylation sites (tertiary alicyclic amines) is 1. The highest BCUT2D eigenvalue weighted by Crippen LogP contribution is 2.22. The molecule has 0 unspecified atom stereocenters. The van der Waals surface area contributed by atoms with Gasteiger partial charge < -0.3 is 10.0 Å². The number of carboxylic acids is 1. The van der Waals surface area contributed by atoms with Crippen molar-refractivity contribution in [2.24, 2.45) is 11.8 Å². The summed E-state index contributed by atoms with van der Waals surface area (Å²) in [6.45, 7) is 4.03. The molecule has 1 fully saturated rings. The van der Waals surface area contributed by atoms with E-state index in [0.29, 0.717) is 24.5 Å². The molecule has 1 amide bonds. The molecule has 5 nitrogen and oxygen atoms in total. The van der Waals surface area contributed by atoms with Gasteiger partial charge in [0.2, 0.25) is 5.91 Å². The molecule has 3 atom stereocenters. The lowest BCUT2D eigenvalue weighted by atomic mass is 10.1. The molecule has 0 spiro atoms. The number of thioether (sulfide) groups is 1. The van der Waals surface area contributed by atoms with Crippen LogP contribution in [0.15, 0.2) is 0 Å². The number of carbonyl (C=O) groups is 3. The van der Waals surface area contributed by atoms with Crippen molar-refractivity contribution in [3.05, 3.63) is 0 Å². The second kappa shape index (κ2) is 7.93. The Morgan fingerprint density at radius 3 is 2.55 bits per heavy atom. The van der Waals surface area contributed by atoms with E-state index in [1.807, 2.05) is 0 Å². The molecule has 1 N–H and O–H groups in total. The summed E-state index contributed by atoms with van der Waals surface area (Å²) in [5, 5.41) is 9.10. The van der Waals surface area contributed by atoms with Gasteiger partial charge in [-0.1, -0.05) is 25.6 Å². The van der Waals surface area contributed by atoms with Crippen molar-refractivity contribution >= 4 is 41.4 Å². The van der Waals surface area contributed by atoms with E-state index >= 15 is 0 Å². The SMILES string of the molecule is C[C@H](CS)C(=O)SC[C@@H](C)C(=O)N1CCC[C@H]1C(=O)O. The van der Waals surface area contributed by atoms with Crippen LogP contribution in [0.3, 0.4) is 0 Å². The van der Waals surface area contributed by atoms with Gasteiger partial charge in [0.25, 0.3) is 0 Å². The molecule has 1 aliphatic rings. The van der Waals surface area contributed by atoms with Gasteiger partial charge in [-0.3, -0.25) is 9.59 Å². The van der Waals surface area contributed by atoms with Crippen LogP contribution < -0.4 is 0 Å². The zero-order chi connectivity index (χ0) is 15.3. The average molecular weight is 319 g/mol. The van der Waals surface area contributed by atoms with Crippen LogP contribution in [0.1, 0.15) is 26.7 Å². The van der Waals surface area contributed by atoms with Crippen LogP contribution in [0.2, 0.25) is 0 Å². The highest BCUT2D eigenvalue weighted by atomic mass is 32.2. The lowest BCUT2D eigenvalue weighted by molar-refractivity contribution is -0.149. The summed E-state index contributed by atoms with van der Waals surface area (Å²) in [6.07, 6.45) is 1.23. The molecular weight excluding hydrogens is 298 g/mol. The Labute approximate surface area is 128 Å². The number of rotatable bonds is 6. The number of aliphatic carboxylic acids is 1. The maximum atomic E-state index is 12.2. The second-order valence-electron chi connectivity index (χ2n) is 5.14. The van der Waals surface area contributed by atoms with Crippen LogP contribution in [0.5, 0.6) is 0 Å². The van der Waals surface area contributed by atoms with E-state index in [2.05, 4.69) is 12.6 Å². The largest absolute Gasteiger partial charge is 0.480 e. The smallest absolute Gasteiger partial charge is 0.326 e. The Bertz CT molecular complexity index is 389. The van der Waals surface area contributed by atoms with Crippen LogP contribution in [-0.4, -0.2) is 51.1 Å². The molecule has 0 aliphatic carbocycles. The number of nitrogens with zero attached hydrogens (tertiary/aromatic N) is 1. The molecule has 20 heavy (non-hydrogen) atoms. The van der Waals surface area contributed by atoms with E-state index in [4.69, 9.17) is 5.11 Å². The summed E-state index contributed by atoms with van der Waals surface area (Å²) < 4.78 is 0. The Kier molecular flexibility index (Phi) is 6.88. The molecular formula is C13H21NO4S2. The monoisotopic (exact) mass is 319 g/mol. The van der Waals surface area contributed by atoms with Crippen LogP contribution >= 0.6 is 24.4 Å². The van der Waals surface area contributed by atoms with Crippen molar-refractivity contribution in [3.63, 3.8) is 0 Å². The number of thiol groups is 1. The quantitative estimate of drug-likeness (QED) is 0.726. The topological polar surface area (TPSA) is 74.7 Å². The minimum absolute atomic E-state index is 0.0239. The summed E-state index contributed by atoms with van der Waals surface area (Å²) in [6, 6.07) is -0.706. The van der Waals surface area contributed by atoms with Crippen molar-refractivity contribution in [3.8, 4) is 0 Å². The van der Waals surface area contributed by atoms with Crippen molar-refractivity contribution < 1.29 is 19.5 Å². The predicted octanol–water partition coefficient (Wildman–Crippen LogP) is 1.52. The molecule has 0 radical (unpaired) electrons. The van der Waals surface area contributed by atoms with Gasteiger partial charge in [0.1, 0.15) is 6.04 Å². The van der Waals surface area contributed by atoms with Gasteiger partial charge in [-0.05, 0) is 12.8 Å². The average Bonchev–Trinajstić information content (AvgIpc) is 2.91. The lowest BCUT2D eigenvalue weighted by Crippen LogP contribution is -2.43. The van der Waals surface area contributed by atoms with E-state index in [1.54, 1.807) is 13.8 Å². The molecule has 7 heteroatoms. The number of carbonyl (C=O) groups excluding carboxylic acids is 2. The molecule has 114 valence electrons. The van der Waals surface area contributed by atoms with Gasteiger partial charge in [0.05, 0.1) is 0 Å². The van der Waals surface area contributed by atoms with E-state index in [-0.39, 0.29) is 22.9 Å². The molecule has 0 aromatic rings. The van der Waals surface area contributed by atoms with Crippen LogP contribution in [0, 0.1) is 11.8 Å². The summed E-state index contributed by atoms with van der Waals surface area (Å²) in [4.78, 5) is 36.4. The minimum Gasteiger partial charge on any atom is -0.480 e. The molecule has 0 aromatic heterocycles. The first-order valence-electron chi connectivity index (χ1n) is 6.69. The van der Waals surface area contributed by atoms with Gasteiger partial charge in [-0.25, -0.2) is 4.79 Å². The maximum absolute atomic E-state index is 12.2. The Morgan fingerprint density at radius 2 is 2.00 bits per heavy atom. The van der Waals surface area contributed by atoms with Crippen molar-refractivity contribution in [1.29, 1.82) is 0 Å². The van der Waals surface area contributed by atoms with Crippen LogP contribution in [-0.2, 0) is 14.4 Å². The Morgan fingerprint density at radius 1 is 1.35 bits per heavy atom. The summed E-state index contributed by atoms with van der Waals surface area (Å²) in [5.41, 5.74) is 0. The third kappa shape index (κ3) is 4.41. The first-order chi connectivity index (χ1) is 9.38. The maximum Gasteiger partial charge on any atom is 0.326 e. The fourth-order valence-electron chi connectivity index (χ4n) is 2.07. The molecule has 0 saturated carbocycles. The third-order valence-corrected chi connectivity index (χ3v) is 5.30. The fourth-order valence-corrected chi connectivity index (χ4v) is 3.28. The van der Waals surface area contributed by atoms with Crippen molar-refractivity contribution in [1.82, 2.24) is 4.90 Å². The van der Waals surface area contributed by atoms with Gasteiger partial charge in [0.15, 0.2) is 5.12 Å². The predicted molar refractivity (Wildman–Crippen MR) is 82.0 cm³/mol. The number of carboxylic acid groups (broad SMARTS) is 1. The molecule has 0 bridgehead atoms. The number of hydrogen-bond donors (Lipinski definition) is 2. The first-order valence-corrected chi connectivity index (χ1v) is 8.31. The van der Waals surface area contributed by atoms with Crippen molar-refractivity contribution in [2.45, 2.75) is 32.7 Å². The number of hydrogen-bond acceptors (Lipinski definition) is 5. The van der Waals surface area contributed by atoms with E-state index in [0.717, 1.165) is 18.2 Å². The van der Waals surface area contributed by atoms with Crippen molar-refractivity contribution in [2.75, 3.05) is 18.1 Å². The zero-order valence-corrected chi connectivity index (χ0v) is 13.5. The number of amides is 1. The highest BCUT2D eigenvalue weighted by molar-refractivity contribution is 8.13. The molecule has 0 aromatic carbocycles. The molecule has 1 saturated heterocycles. The van der Waals surface area contributed by atoms with Crippen LogP contribution in [0.25, 0.3) is 0 Å². The highest BCUT2D eigenvalue weighted by Gasteiger charge is 2.35. The van der Waals surface area contributed by atoms with Gasteiger partial charge in [-0.2, -0.15) is 12.6 Å². The fraction of sp³-hybridized carbons (Fsp3) is 0.769. The summed E-state index contributed by atoms with van der Waals surface area (Å²) in [7, 11) is 0.